The second-order valence-corrected chi connectivity index (χ2v) is 5.02. The van der Waals surface area contributed by atoms with Gasteiger partial charge in [-0.05, 0) is 38.9 Å². The van der Waals surface area contributed by atoms with Crippen LogP contribution in [-0.2, 0) is 12.6 Å². The fourth-order valence-electron chi connectivity index (χ4n) is 2.48. The van der Waals surface area contributed by atoms with Gasteiger partial charge in [0.15, 0.2) is 0 Å². The van der Waals surface area contributed by atoms with Crippen LogP contribution in [0, 0.1) is 0 Å². The molecule has 2 heterocycles. The molecule has 19 heavy (non-hydrogen) atoms. The van der Waals surface area contributed by atoms with Gasteiger partial charge in [0.05, 0.1) is 0 Å². The minimum atomic E-state index is -4.39. The van der Waals surface area contributed by atoms with Gasteiger partial charge in [0.25, 0.3) is 0 Å². The maximum atomic E-state index is 12.5. The van der Waals surface area contributed by atoms with Crippen LogP contribution >= 0.6 is 0 Å². The van der Waals surface area contributed by atoms with E-state index in [1.807, 2.05) is 0 Å². The van der Waals surface area contributed by atoms with E-state index in [9.17, 15) is 13.2 Å². The first-order chi connectivity index (χ1) is 8.97. The lowest BCUT2D eigenvalue weighted by Crippen LogP contribution is -2.36. The zero-order chi connectivity index (χ0) is 13.9. The lowest BCUT2D eigenvalue weighted by atomic mass is 9.98. The molecular weight excluding hydrogens is 255 g/mol. The Morgan fingerprint density at radius 2 is 2.16 bits per heavy atom. The van der Waals surface area contributed by atoms with E-state index in [0.29, 0.717) is 12.5 Å². The van der Waals surface area contributed by atoms with Gasteiger partial charge in [-0.3, -0.25) is 0 Å². The van der Waals surface area contributed by atoms with Crippen molar-refractivity contribution in [2.24, 2.45) is 0 Å². The number of nitrogens with zero attached hydrogens (tertiary/aromatic N) is 3. The molecule has 1 fully saturated rings. The fourth-order valence-corrected chi connectivity index (χ4v) is 2.48. The molecule has 1 aliphatic heterocycles. The van der Waals surface area contributed by atoms with Crippen LogP contribution in [0.2, 0.25) is 0 Å². The van der Waals surface area contributed by atoms with E-state index in [0.717, 1.165) is 25.5 Å². The van der Waals surface area contributed by atoms with Crippen molar-refractivity contribution in [3.8, 4) is 0 Å². The molecule has 1 unspecified atom stereocenters. The lowest BCUT2D eigenvalue weighted by Gasteiger charge is -2.32. The van der Waals surface area contributed by atoms with Crippen molar-refractivity contribution >= 4 is 0 Å². The van der Waals surface area contributed by atoms with Crippen LogP contribution in [0.5, 0.6) is 0 Å². The van der Waals surface area contributed by atoms with Crippen LogP contribution in [0.4, 0.5) is 13.2 Å². The molecule has 0 radical (unpaired) electrons. The molecule has 1 aromatic rings. The summed E-state index contributed by atoms with van der Waals surface area (Å²) >= 11 is 0. The summed E-state index contributed by atoms with van der Waals surface area (Å²) in [5, 5.41) is 0. The van der Waals surface area contributed by atoms with E-state index < -0.39 is 11.9 Å². The highest BCUT2D eigenvalue weighted by Gasteiger charge is 2.32. The number of aromatic nitrogens is 2. The van der Waals surface area contributed by atoms with E-state index in [2.05, 4.69) is 21.9 Å². The summed E-state index contributed by atoms with van der Waals surface area (Å²) in [6.07, 6.45) is 1.62. The number of likely N-dealkylation sites (tertiary alicyclic amines) is 1. The maximum Gasteiger partial charge on any atom is 0.433 e. The van der Waals surface area contributed by atoms with Crippen molar-refractivity contribution in [1.82, 2.24) is 14.9 Å². The Morgan fingerprint density at radius 1 is 1.37 bits per heavy atom. The molecule has 0 spiro atoms. The largest absolute Gasteiger partial charge is 0.433 e. The van der Waals surface area contributed by atoms with Gasteiger partial charge in [-0.25, -0.2) is 9.97 Å². The highest BCUT2D eigenvalue weighted by atomic mass is 19.4. The molecule has 0 aliphatic carbocycles. The molecule has 0 amide bonds. The van der Waals surface area contributed by atoms with Gasteiger partial charge in [0.1, 0.15) is 11.5 Å². The number of piperidine rings is 1. The lowest BCUT2D eigenvalue weighted by molar-refractivity contribution is -0.141. The summed E-state index contributed by atoms with van der Waals surface area (Å²) in [6, 6.07) is 1.35. The molecule has 1 saturated heterocycles. The van der Waals surface area contributed by atoms with Gasteiger partial charge in [-0.2, -0.15) is 13.2 Å². The van der Waals surface area contributed by atoms with Gasteiger partial charge in [0.2, 0.25) is 0 Å². The van der Waals surface area contributed by atoms with Crippen molar-refractivity contribution in [2.45, 2.75) is 44.3 Å². The van der Waals surface area contributed by atoms with Crippen LogP contribution in [0.1, 0.15) is 37.2 Å². The third-order valence-electron chi connectivity index (χ3n) is 3.62. The number of rotatable bonds is 3. The van der Waals surface area contributed by atoms with Crippen LogP contribution in [-0.4, -0.2) is 34.5 Å². The SMILES string of the molecule is CN1CCCCC1CCc1nccc(C(F)(F)F)n1. The van der Waals surface area contributed by atoms with E-state index in [1.165, 1.54) is 19.0 Å². The van der Waals surface area contributed by atoms with E-state index in [4.69, 9.17) is 0 Å². The first-order valence-electron chi connectivity index (χ1n) is 6.56. The first-order valence-corrected chi connectivity index (χ1v) is 6.56. The molecule has 1 aromatic heterocycles. The molecule has 1 atom stereocenters. The van der Waals surface area contributed by atoms with Crippen molar-refractivity contribution in [1.29, 1.82) is 0 Å². The predicted octanol–water partition coefficient (Wildman–Crippen LogP) is 2.91. The molecule has 0 N–H and O–H groups in total. The molecule has 0 bridgehead atoms. The van der Waals surface area contributed by atoms with Crippen LogP contribution in [0.25, 0.3) is 0 Å². The molecule has 106 valence electrons. The second-order valence-electron chi connectivity index (χ2n) is 5.02. The van der Waals surface area contributed by atoms with Gasteiger partial charge in [0, 0.05) is 18.7 Å². The molecule has 6 heteroatoms. The van der Waals surface area contributed by atoms with Crippen LogP contribution in [0.15, 0.2) is 12.3 Å². The molecule has 0 saturated carbocycles. The minimum absolute atomic E-state index is 0.286. The summed E-state index contributed by atoms with van der Waals surface area (Å²) in [7, 11) is 2.07. The normalized spacial score (nSPS) is 21.6. The Balaban J connectivity index is 1.96. The van der Waals surface area contributed by atoms with Crippen molar-refractivity contribution in [3.05, 3.63) is 23.8 Å². The van der Waals surface area contributed by atoms with Crippen LogP contribution < -0.4 is 0 Å². The summed E-state index contributed by atoms with van der Waals surface area (Å²) < 4.78 is 37.6. The van der Waals surface area contributed by atoms with Crippen molar-refractivity contribution in [2.75, 3.05) is 13.6 Å². The molecule has 3 nitrogen and oxygen atoms in total. The predicted molar refractivity (Wildman–Crippen MR) is 65.6 cm³/mol. The van der Waals surface area contributed by atoms with Gasteiger partial charge >= 0.3 is 6.18 Å². The van der Waals surface area contributed by atoms with Crippen LogP contribution in [0.3, 0.4) is 0 Å². The molecule has 2 rings (SSSR count). The second kappa shape index (κ2) is 5.86. The summed E-state index contributed by atoms with van der Waals surface area (Å²) in [5.41, 5.74) is -0.852. The summed E-state index contributed by atoms with van der Waals surface area (Å²) in [5.74, 6) is 0.286. The summed E-state index contributed by atoms with van der Waals surface area (Å²) in [4.78, 5) is 9.81. The first kappa shape index (κ1) is 14.2. The zero-order valence-corrected chi connectivity index (χ0v) is 11.0. The topological polar surface area (TPSA) is 29.0 Å². The Hall–Kier alpha value is -1.17. The number of aryl methyl sites for hydroxylation is 1. The quantitative estimate of drug-likeness (QED) is 0.848. The molecular formula is C13H18F3N3. The Bertz CT molecular complexity index is 420. The summed E-state index contributed by atoms with van der Waals surface area (Å²) in [6.45, 7) is 1.06. The number of halogens is 3. The average Bonchev–Trinajstić information content (AvgIpc) is 2.37. The minimum Gasteiger partial charge on any atom is -0.303 e. The number of hydrogen-bond donors (Lipinski definition) is 0. The van der Waals surface area contributed by atoms with Gasteiger partial charge in [-0.15, -0.1) is 0 Å². The fraction of sp³-hybridized carbons (Fsp3) is 0.692. The molecule has 0 aromatic carbocycles. The third kappa shape index (κ3) is 3.89. The van der Waals surface area contributed by atoms with Crippen molar-refractivity contribution < 1.29 is 13.2 Å². The van der Waals surface area contributed by atoms with E-state index >= 15 is 0 Å². The number of hydrogen-bond acceptors (Lipinski definition) is 3. The average molecular weight is 273 g/mol. The highest BCUT2D eigenvalue weighted by Crippen LogP contribution is 2.27. The monoisotopic (exact) mass is 273 g/mol. The molecule has 1 aliphatic rings. The standard InChI is InChI=1S/C13H18F3N3/c1-19-9-3-2-4-10(19)5-6-12-17-8-7-11(18-12)13(14,15)16/h7-8,10H,2-6,9H2,1H3. The Labute approximate surface area is 110 Å². The van der Waals surface area contributed by atoms with Gasteiger partial charge in [-0.1, -0.05) is 6.42 Å². The highest BCUT2D eigenvalue weighted by molar-refractivity contribution is 5.06. The maximum absolute atomic E-state index is 12.5. The zero-order valence-electron chi connectivity index (χ0n) is 11.0. The van der Waals surface area contributed by atoms with Crippen molar-refractivity contribution in [3.63, 3.8) is 0 Å². The number of alkyl halides is 3. The van der Waals surface area contributed by atoms with E-state index in [-0.39, 0.29) is 5.82 Å². The smallest absolute Gasteiger partial charge is 0.303 e. The Kier molecular flexibility index (Phi) is 4.39. The third-order valence-corrected chi connectivity index (χ3v) is 3.62. The van der Waals surface area contributed by atoms with E-state index in [1.54, 1.807) is 0 Å². The van der Waals surface area contributed by atoms with Gasteiger partial charge < -0.3 is 4.90 Å². The Morgan fingerprint density at radius 3 is 2.84 bits per heavy atom.